The van der Waals surface area contributed by atoms with Crippen LogP contribution in [0, 0.1) is 0 Å². The summed E-state index contributed by atoms with van der Waals surface area (Å²) in [5.74, 6) is 0.984. The SMILES string of the molecule is c1ccc(COc2ccccc2C(c2ccc[nH]2)c2ccc[nH]2)cc1. The Balaban J connectivity index is 1.68. The third kappa shape index (κ3) is 3.36. The Bertz CT molecular complexity index is 862. The molecule has 25 heavy (non-hydrogen) atoms. The fraction of sp³-hybridized carbons (Fsp3) is 0.0909. The number of benzene rings is 2. The van der Waals surface area contributed by atoms with Crippen molar-refractivity contribution in [2.24, 2.45) is 0 Å². The van der Waals surface area contributed by atoms with Crippen LogP contribution in [0.25, 0.3) is 0 Å². The van der Waals surface area contributed by atoms with Gasteiger partial charge in [-0.25, -0.2) is 0 Å². The lowest BCUT2D eigenvalue weighted by molar-refractivity contribution is 0.302. The number of hydrogen-bond donors (Lipinski definition) is 2. The molecule has 0 aliphatic rings. The Labute approximate surface area is 147 Å². The number of hydrogen-bond acceptors (Lipinski definition) is 1. The van der Waals surface area contributed by atoms with Gasteiger partial charge in [-0.3, -0.25) is 0 Å². The predicted octanol–water partition coefficient (Wildman–Crippen LogP) is 5.10. The Kier molecular flexibility index (Phi) is 4.38. The minimum atomic E-state index is 0.0805. The summed E-state index contributed by atoms with van der Waals surface area (Å²) in [6.45, 7) is 0.556. The zero-order chi connectivity index (χ0) is 16.9. The molecule has 0 saturated heterocycles. The highest BCUT2D eigenvalue weighted by atomic mass is 16.5. The van der Waals surface area contributed by atoms with Gasteiger partial charge in [0, 0.05) is 29.3 Å². The van der Waals surface area contributed by atoms with Crippen molar-refractivity contribution in [2.45, 2.75) is 12.5 Å². The zero-order valence-corrected chi connectivity index (χ0v) is 13.9. The number of aromatic amines is 2. The second kappa shape index (κ2) is 7.14. The van der Waals surface area contributed by atoms with Crippen molar-refractivity contribution in [2.75, 3.05) is 0 Å². The van der Waals surface area contributed by atoms with E-state index < -0.39 is 0 Å². The smallest absolute Gasteiger partial charge is 0.124 e. The third-order valence-electron chi connectivity index (χ3n) is 4.33. The van der Waals surface area contributed by atoms with Crippen LogP contribution < -0.4 is 4.74 Å². The Morgan fingerprint density at radius 2 is 1.32 bits per heavy atom. The summed E-state index contributed by atoms with van der Waals surface area (Å²) in [7, 11) is 0. The largest absolute Gasteiger partial charge is 0.489 e. The topological polar surface area (TPSA) is 40.8 Å². The predicted molar refractivity (Wildman–Crippen MR) is 99.7 cm³/mol. The summed E-state index contributed by atoms with van der Waals surface area (Å²) >= 11 is 0. The lowest BCUT2D eigenvalue weighted by atomic mass is 9.92. The van der Waals surface area contributed by atoms with Gasteiger partial charge in [0.05, 0.1) is 5.92 Å². The number of H-pyrrole nitrogens is 2. The molecule has 0 radical (unpaired) electrons. The number of para-hydroxylation sites is 1. The molecule has 0 fully saturated rings. The van der Waals surface area contributed by atoms with E-state index in [0.29, 0.717) is 6.61 Å². The average molecular weight is 328 g/mol. The van der Waals surface area contributed by atoms with E-state index in [1.54, 1.807) is 0 Å². The molecule has 2 heterocycles. The first kappa shape index (κ1) is 15.3. The van der Waals surface area contributed by atoms with Crippen LogP contribution in [0.5, 0.6) is 5.75 Å². The molecule has 124 valence electrons. The van der Waals surface area contributed by atoms with Crippen molar-refractivity contribution in [3.63, 3.8) is 0 Å². The van der Waals surface area contributed by atoms with E-state index in [1.165, 1.54) is 0 Å². The lowest BCUT2D eigenvalue weighted by Gasteiger charge is -2.19. The molecule has 0 spiro atoms. The molecule has 0 atom stereocenters. The Hall–Kier alpha value is -3.20. The van der Waals surface area contributed by atoms with E-state index in [9.17, 15) is 0 Å². The van der Waals surface area contributed by atoms with Gasteiger partial charge in [-0.15, -0.1) is 0 Å². The van der Waals surface area contributed by atoms with Crippen LogP contribution in [0.4, 0.5) is 0 Å². The van der Waals surface area contributed by atoms with Crippen LogP contribution in [0.3, 0.4) is 0 Å². The molecule has 2 N–H and O–H groups in total. The minimum Gasteiger partial charge on any atom is -0.489 e. The summed E-state index contributed by atoms with van der Waals surface area (Å²) in [5, 5.41) is 0. The van der Waals surface area contributed by atoms with Crippen molar-refractivity contribution in [1.29, 1.82) is 0 Å². The van der Waals surface area contributed by atoms with Gasteiger partial charge >= 0.3 is 0 Å². The fourth-order valence-corrected chi connectivity index (χ4v) is 3.14. The highest BCUT2D eigenvalue weighted by molar-refractivity contribution is 5.46. The van der Waals surface area contributed by atoms with Crippen molar-refractivity contribution in [1.82, 2.24) is 9.97 Å². The zero-order valence-electron chi connectivity index (χ0n) is 13.9. The summed E-state index contributed by atoms with van der Waals surface area (Å²) in [6, 6.07) is 26.8. The van der Waals surface area contributed by atoms with Crippen LogP contribution in [0.2, 0.25) is 0 Å². The molecule has 0 saturated carbocycles. The van der Waals surface area contributed by atoms with E-state index in [0.717, 1.165) is 28.3 Å². The molecular formula is C22H20N2O. The van der Waals surface area contributed by atoms with Crippen LogP contribution >= 0.6 is 0 Å². The van der Waals surface area contributed by atoms with Gasteiger partial charge in [0.1, 0.15) is 12.4 Å². The van der Waals surface area contributed by atoms with E-state index in [2.05, 4.69) is 46.4 Å². The molecule has 0 aliphatic carbocycles. The molecule has 2 aromatic heterocycles. The molecule has 0 aliphatic heterocycles. The summed E-state index contributed by atoms with van der Waals surface area (Å²) in [5.41, 5.74) is 4.58. The van der Waals surface area contributed by atoms with Gasteiger partial charge < -0.3 is 14.7 Å². The highest BCUT2D eigenvalue weighted by Crippen LogP contribution is 2.35. The Morgan fingerprint density at radius 3 is 1.96 bits per heavy atom. The Morgan fingerprint density at radius 1 is 0.680 bits per heavy atom. The van der Waals surface area contributed by atoms with Crippen LogP contribution in [0.1, 0.15) is 28.4 Å². The quantitative estimate of drug-likeness (QED) is 0.508. The third-order valence-corrected chi connectivity index (χ3v) is 4.33. The number of aromatic nitrogens is 2. The summed E-state index contributed by atoms with van der Waals surface area (Å²) in [6.07, 6.45) is 3.91. The number of rotatable bonds is 6. The maximum atomic E-state index is 6.17. The fourth-order valence-electron chi connectivity index (χ4n) is 3.14. The van der Waals surface area contributed by atoms with E-state index in [1.807, 2.05) is 54.9 Å². The molecule has 3 heteroatoms. The molecule has 0 unspecified atom stereocenters. The number of nitrogens with one attached hydrogen (secondary N) is 2. The number of ether oxygens (including phenoxy) is 1. The normalized spacial score (nSPS) is 10.9. The van der Waals surface area contributed by atoms with Gasteiger partial charge in [-0.1, -0.05) is 48.5 Å². The van der Waals surface area contributed by atoms with Gasteiger partial charge in [-0.05, 0) is 35.9 Å². The molecule has 4 aromatic rings. The van der Waals surface area contributed by atoms with Gasteiger partial charge in [0.2, 0.25) is 0 Å². The second-order valence-corrected chi connectivity index (χ2v) is 6.00. The van der Waals surface area contributed by atoms with Gasteiger partial charge in [0.15, 0.2) is 0 Å². The maximum absolute atomic E-state index is 6.17. The maximum Gasteiger partial charge on any atom is 0.124 e. The molecule has 3 nitrogen and oxygen atoms in total. The first-order valence-electron chi connectivity index (χ1n) is 8.44. The first-order chi connectivity index (χ1) is 12.4. The molecule has 0 bridgehead atoms. The van der Waals surface area contributed by atoms with Crippen molar-refractivity contribution in [3.8, 4) is 5.75 Å². The second-order valence-electron chi connectivity index (χ2n) is 6.00. The van der Waals surface area contributed by atoms with E-state index in [-0.39, 0.29) is 5.92 Å². The molecule has 0 amide bonds. The van der Waals surface area contributed by atoms with E-state index in [4.69, 9.17) is 4.74 Å². The highest BCUT2D eigenvalue weighted by Gasteiger charge is 2.22. The first-order valence-corrected chi connectivity index (χ1v) is 8.44. The average Bonchev–Trinajstić information content (AvgIpc) is 3.37. The standard InChI is InChI=1S/C22H20N2O/c1-2-8-17(9-3-1)16-25-21-13-5-4-10-18(21)22(19-11-6-14-23-19)20-12-7-15-24-20/h1-15,22-24H,16H2. The van der Waals surface area contributed by atoms with Crippen molar-refractivity contribution < 1.29 is 4.74 Å². The lowest BCUT2D eigenvalue weighted by Crippen LogP contribution is -2.07. The van der Waals surface area contributed by atoms with Gasteiger partial charge in [0.25, 0.3) is 0 Å². The molecule has 4 rings (SSSR count). The van der Waals surface area contributed by atoms with Crippen molar-refractivity contribution in [3.05, 3.63) is 114 Å². The van der Waals surface area contributed by atoms with Crippen LogP contribution in [-0.4, -0.2) is 9.97 Å². The summed E-state index contributed by atoms with van der Waals surface area (Å²) in [4.78, 5) is 6.70. The summed E-state index contributed by atoms with van der Waals surface area (Å²) < 4.78 is 6.17. The molecular weight excluding hydrogens is 308 g/mol. The minimum absolute atomic E-state index is 0.0805. The van der Waals surface area contributed by atoms with Crippen LogP contribution in [-0.2, 0) is 6.61 Å². The van der Waals surface area contributed by atoms with E-state index >= 15 is 0 Å². The molecule has 2 aromatic carbocycles. The van der Waals surface area contributed by atoms with Crippen molar-refractivity contribution >= 4 is 0 Å². The van der Waals surface area contributed by atoms with Gasteiger partial charge in [-0.2, -0.15) is 0 Å². The monoisotopic (exact) mass is 328 g/mol. The van der Waals surface area contributed by atoms with Crippen LogP contribution in [0.15, 0.2) is 91.3 Å².